The van der Waals surface area contributed by atoms with Crippen molar-refractivity contribution >= 4 is 32.5 Å². The predicted octanol–water partition coefficient (Wildman–Crippen LogP) is 2.38. The van der Waals surface area contributed by atoms with Crippen LogP contribution in [0, 0.1) is 11.3 Å². The second kappa shape index (κ2) is 2.79. The van der Waals surface area contributed by atoms with Crippen molar-refractivity contribution in [3.05, 3.63) is 28.4 Å². The Labute approximate surface area is 83.3 Å². The molecule has 0 unspecified atom stereocenters. The average Bonchev–Trinajstić information content (AvgIpc) is 2.56. The molecule has 3 nitrogen and oxygen atoms in total. The highest BCUT2D eigenvalue weighted by Gasteiger charge is 2.08. The second-order valence-electron chi connectivity index (χ2n) is 2.70. The van der Waals surface area contributed by atoms with Gasteiger partial charge in [-0.05, 0) is 12.1 Å². The molecule has 1 aromatic carbocycles. The Morgan fingerprint density at radius 1 is 1.46 bits per heavy atom. The Morgan fingerprint density at radius 2 is 2.23 bits per heavy atom. The molecular formula is C9H6BrN3. The van der Waals surface area contributed by atoms with Gasteiger partial charge in [0.2, 0.25) is 0 Å². The minimum atomic E-state index is 0.606. The molecule has 1 aromatic heterocycles. The Morgan fingerprint density at radius 3 is 2.92 bits per heavy atom. The molecule has 0 amide bonds. The number of hydrogen-bond donors (Lipinski definition) is 2. The highest BCUT2D eigenvalue weighted by molar-refractivity contribution is 9.10. The number of nitrogen functional groups attached to an aromatic ring is 1. The number of aromatic nitrogens is 1. The molecule has 0 atom stereocenters. The van der Waals surface area contributed by atoms with E-state index in [4.69, 9.17) is 11.0 Å². The van der Waals surface area contributed by atoms with E-state index in [1.54, 1.807) is 12.3 Å². The Hall–Kier alpha value is -1.47. The van der Waals surface area contributed by atoms with Gasteiger partial charge in [-0.2, -0.15) is 5.26 Å². The van der Waals surface area contributed by atoms with E-state index >= 15 is 0 Å². The molecule has 0 radical (unpaired) electrons. The number of hydrogen-bond acceptors (Lipinski definition) is 2. The van der Waals surface area contributed by atoms with Crippen LogP contribution < -0.4 is 5.73 Å². The summed E-state index contributed by atoms with van der Waals surface area (Å²) in [6.45, 7) is 0. The third-order valence-corrected chi connectivity index (χ3v) is 2.60. The Balaban J connectivity index is 2.98. The monoisotopic (exact) mass is 235 g/mol. The van der Waals surface area contributed by atoms with Gasteiger partial charge in [0.25, 0.3) is 0 Å². The molecule has 1 heterocycles. The van der Waals surface area contributed by atoms with Gasteiger partial charge in [0.05, 0.1) is 16.8 Å². The molecule has 0 saturated carbocycles. The van der Waals surface area contributed by atoms with Crippen molar-refractivity contribution in [2.75, 3.05) is 5.73 Å². The smallest absolute Gasteiger partial charge is 0.101 e. The fourth-order valence-electron chi connectivity index (χ4n) is 1.32. The van der Waals surface area contributed by atoms with E-state index in [0.29, 0.717) is 11.3 Å². The van der Waals surface area contributed by atoms with E-state index in [9.17, 15) is 0 Å². The molecule has 0 aliphatic carbocycles. The van der Waals surface area contributed by atoms with Crippen LogP contribution in [0.1, 0.15) is 5.56 Å². The highest BCUT2D eigenvalue weighted by Crippen LogP contribution is 2.30. The lowest BCUT2D eigenvalue weighted by atomic mass is 10.2. The van der Waals surface area contributed by atoms with E-state index in [2.05, 4.69) is 27.0 Å². The van der Waals surface area contributed by atoms with Gasteiger partial charge in [-0.25, -0.2) is 0 Å². The highest BCUT2D eigenvalue weighted by atomic mass is 79.9. The minimum Gasteiger partial charge on any atom is -0.397 e. The van der Waals surface area contributed by atoms with Crippen LogP contribution in [0.25, 0.3) is 10.9 Å². The molecule has 0 spiro atoms. The van der Waals surface area contributed by atoms with E-state index in [0.717, 1.165) is 15.4 Å². The number of nitrogens with two attached hydrogens (primary N) is 1. The first-order chi connectivity index (χ1) is 6.24. The first kappa shape index (κ1) is 8.14. The van der Waals surface area contributed by atoms with E-state index in [1.807, 2.05) is 6.07 Å². The lowest BCUT2D eigenvalue weighted by Crippen LogP contribution is -1.86. The molecule has 4 heteroatoms. The van der Waals surface area contributed by atoms with Gasteiger partial charge in [0.15, 0.2) is 0 Å². The normalized spacial score (nSPS) is 10.2. The molecule has 0 saturated heterocycles. The number of anilines is 1. The number of nitrogens with zero attached hydrogens (tertiary/aromatic N) is 1. The maximum absolute atomic E-state index is 8.81. The zero-order valence-corrected chi connectivity index (χ0v) is 8.22. The molecule has 64 valence electrons. The van der Waals surface area contributed by atoms with Crippen molar-refractivity contribution in [3.63, 3.8) is 0 Å². The maximum atomic E-state index is 8.81. The van der Waals surface area contributed by atoms with E-state index in [-0.39, 0.29) is 0 Å². The van der Waals surface area contributed by atoms with Gasteiger partial charge in [0.1, 0.15) is 6.07 Å². The van der Waals surface area contributed by atoms with Crippen LogP contribution in [-0.4, -0.2) is 4.98 Å². The third-order valence-electron chi connectivity index (χ3n) is 1.94. The van der Waals surface area contributed by atoms with Crippen LogP contribution in [0.15, 0.2) is 22.8 Å². The van der Waals surface area contributed by atoms with Crippen molar-refractivity contribution in [1.29, 1.82) is 5.26 Å². The summed E-state index contributed by atoms with van der Waals surface area (Å²) in [5.41, 5.74) is 7.80. The van der Waals surface area contributed by atoms with Crippen LogP contribution in [0.4, 0.5) is 5.69 Å². The molecule has 2 aromatic rings. The minimum absolute atomic E-state index is 0.606. The Kier molecular flexibility index (Phi) is 1.74. The molecular weight excluding hydrogens is 230 g/mol. The third kappa shape index (κ3) is 1.09. The van der Waals surface area contributed by atoms with Gasteiger partial charge < -0.3 is 10.7 Å². The van der Waals surface area contributed by atoms with Crippen molar-refractivity contribution in [3.8, 4) is 6.07 Å². The summed E-state index contributed by atoms with van der Waals surface area (Å²) in [5.74, 6) is 0. The number of fused-ring (bicyclic) bond motifs is 1. The first-order valence-electron chi connectivity index (χ1n) is 3.69. The number of H-pyrrole nitrogens is 1. The summed E-state index contributed by atoms with van der Waals surface area (Å²) in [4.78, 5) is 2.97. The number of halogens is 1. The molecule has 2 rings (SSSR count). The summed E-state index contributed by atoms with van der Waals surface area (Å²) in [6.07, 6.45) is 1.66. The van der Waals surface area contributed by atoms with Crippen LogP contribution in [0.3, 0.4) is 0 Å². The van der Waals surface area contributed by atoms with E-state index in [1.165, 1.54) is 0 Å². The van der Waals surface area contributed by atoms with Crippen LogP contribution in [-0.2, 0) is 0 Å². The van der Waals surface area contributed by atoms with Crippen molar-refractivity contribution in [2.24, 2.45) is 0 Å². The molecule has 0 aliphatic heterocycles. The predicted molar refractivity (Wildman–Crippen MR) is 55.1 cm³/mol. The van der Waals surface area contributed by atoms with Crippen LogP contribution in [0.5, 0.6) is 0 Å². The van der Waals surface area contributed by atoms with Crippen LogP contribution >= 0.6 is 15.9 Å². The largest absolute Gasteiger partial charge is 0.397 e. The summed E-state index contributed by atoms with van der Waals surface area (Å²) in [5, 5.41) is 9.66. The van der Waals surface area contributed by atoms with Gasteiger partial charge in [0, 0.05) is 16.1 Å². The van der Waals surface area contributed by atoms with Crippen molar-refractivity contribution in [1.82, 2.24) is 4.98 Å². The fraction of sp³-hybridized carbons (Fsp3) is 0. The fourth-order valence-corrected chi connectivity index (χ4v) is 1.86. The number of nitrogens with one attached hydrogen (secondary N) is 1. The lowest BCUT2D eigenvalue weighted by molar-refractivity contribution is 1.45. The maximum Gasteiger partial charge on any atom is 0.101 e. The first-order valence-corrected chi connectivity index (χ1v) is 4.48. The van der Waals surface area contributed by atoms with Crippen molar-refractivity contribution < 1.29 is 0 Å². The number of rotatable bonds is 0. The standard InChI is InChI=1S/C9H6BrN3/c10-6-1-2-7(12)9-8(6)5(3-11)4-13-9/h1-2,4,13H,12H2. The quantitative estimate of drug-likeness (QED) is 0.689. The summed E-state index contributed by atoms with van der Waals surface area (Å²) in [6, 6.07) is 5.74. The summed E-state index contributed by atoms with van der Waals surface area (Å²) >= 11 is 3.38. The SMILES string of the molecule is N#Cc1c[nH]c2c(N)ccc(Br)c12. The molecule has 0 aliphatic rings. The van der Waals surface area contributed by atoms with Crippen LogP contribution in [0.2, 0.25) is 0 Å². The Bertz CT molecular complexity index is 507. The molecule has 0 fully saturated rings. The van der Waals surface area contributed by atoms with Gasteiger partial charge in [-0.1, -0.05) is 15.9 Å². The molecule has 3 N–H and O–H groups in total. The average molecular weight is 236 g/mol. The van der Waals surface area contributed by atoms with Crippen molar-refractivity contribution in [2.45, 2.75) is 0 Å². The second-order valence-corrected chi connectivity index (χ2v) is 3.56. The number of aromatic amines is 1. The number of nitriles is 1. The van der Waals surface area contributed by atoms with Gasteiger partial charge >= 0.3 is 0 Å². The zero-order valence-electron chi connectivity index (χ0n) is 6.63. The number of benzene rings is 1. The van der Waals surface area contributed by atoms with Gasteiger partial charge in [-0.3, -0.25) is 0 Å². The molecule has 13 heavy (non-hydrogen) atoms. The topological polar surface area (TPSA) is 65.6 Å². The lowest BCUT2D eigenvalue weighted by Gasteiger charge is -1.98. The zero-order chi connectivity index (χ0) is 9.42. The van der Waals surface area contributed by atoms with E-state index < -0.39 is 0 Å². The van der Waals surface area contributed by atoms with Gasteiger partial charge in [-0.15, -0.1) is 0 Å². The molecule has 0 bridgehead atoms. The summed E-state index contributed by atoms with van der Waals surface area (Å²) < 4.78 is 0.884. The summed E-state index contributed by atoms with van der Waals surface area (Å²) in [7, 11) is 0.